The number of nitrogens with zero attached hydrogens (tertiary/aromatic N) is 2. The van der Waals surface area contributed by atoms with Gasteiger partial charge in [0, 0.05) is 26.2 Å². The third-order valence-electron chi connectivity index (χ3n) is 3.06. The first-order chi connectivity index (χ1) is 9.79. The molecular weight excluding hydrogens is 292 g/mol. The van der Waals surface area contributed by atoms with E-state index in [1.807, 2.05) is 0 Å². The molecule has 0 fully saturated rings. The van der Waals surface area contributed by atoms with E-state index in [0.717, 1.165) is 6.54 Å². The molecule has 21 heavy (non-hydrogen) atoms. The molecule has 0 atom stereocenters. The first-order valence-corrected chi connectivity index (χ1v) is 8.54. The Hall–Kier alpha value is -0.960. The van der Waals surface area contributed by atoms with Crippen LogP contribution in [0.15, 0.2) is 4.90 Å². The van der Waals surface area contributed by atoms with Crippen molar-refractivity contribution >= 4 is 10.0 Å². The molecule has 0 saturated carbocycles. The van der Waals surface area contributed by atoms with Crippen LogP contribution in [0.4, 0.5) is 0 Å². The molecule has 0 spiro atoms. The number of rotatable bonds is 9. The standard InChI is InChI=1S/C13H26N4O3S/c1-10(2)14-6-8-17-12(4)13(11(3)16-17)21(18,19)15-7-9-20-5/h10,14-15H,6-9H2,1-5H3. The lowest BCUT2D eigenvalue weighted by molar-refractivity contribution is 0.204. The Morgan fingerprint density at radius 3 is 2.52 bits per heavy atom. The lowest BCUT2D eigenvalue weighted by Gasteiger charge is -2.10. The number of hydrogen-bond acceptors (Lipinski definition) is 5. The monoisotopic (exact) mass is 318 g/mol. The number of ether oxygens (including phenoxy) is 1. The van der Waals surface area contributed by atoms with E-state index in [9.17, 15) is 8.42 Å². The van der Waals surface area contributed by atoms with Crippen LogP contribution in [0.3, 0.4) is 0 Å². The largest absolute Gasteiger partial charge is 0.383 e. The summed E-state index contributed by atoms with van der Waals surface area (Å²) >= 11 is 0. The van der Waals surface area contributed by atoms with Crippen molar-refractivity contribution in [3.63, 3.8) is 0 Å². The molecule has 122 valence electrons. The van der Waals surface area contributed by atoms with Crippen LogP contribution in [-0.4, -0.2) is 51.0 Å². The number of methoxy groups -OCH3 is 1. The van der Waals surface area contributed by atoms with Gasteiger partial charge >= 0.3 is 0 Å². The maximum atomic E-state index is 12.3. The second-order valence-corrected chi connectivity index (χ2v) is 6.93. The molecule has 0 aliphatic heterocycles. The average molecular weight is 318 g/mol. The molecule has 0 amide bonds. The Bertz CT molecular complexity index is 552. The van der Waals surface area contributed by atoms with Crippen LogP contribution in [0.1, 0.15) is 25.2 Å². The predicted molar refractivity (Wildman–Crippen MR) is 81.9 cm³/mol. The van der Waals surface area contributed by atoms with E-state index in [1.165, 1.54) is 7.11 Å². The van der Waals surface area contributed by atoms with Crippen LogP contribution >= 0.6 is 0 Å². The quantitative estimate of drug-likeness (QED) is 0.645. The van der Waals surface area contributed by atoms with Crippen LogP contribution in [0.5, 0.6) is 0 Å². The summed E-state index contributed by atoms with van der Waals surface area (Å²) < 4.78 is 33.7. The van der Waals surface area contributed by atoms with Gasteiger partial charge in [-0.1, -0.05) is 13.8 Å². The molecule has 8 heteroatoms. The van der Waals surface area contributed by atoms with E-state index in [4.69, 9.17) is 4.74 Å². The molecule has 0 aliphatic carbocycles. The normalized spacial score (nSPS) is 12.3. The van der Waals surface area contributed by atoms with Crippen LogP contribution < -0.4 is 10.0 Å². The minimum absolute atomic E-state index is 0.248. The van der Waals surface area contributed by atoms with Crippen molar-refractivity contribution in [3.05, 3.63) is 11.4 Å². The molecule has 2 N–H and O–H groups in total. The van der Waals surface area contributed by atoms with Gasteiger partial charge in [0.15, 0.2) is 0 Å². The van der Waals surface area contributed by atoms with Crippen LogP contribution in [0.2, 0.25) is 0 Å². The number of hydrogen-bond donors (Lipinski definition) is 2. The highest BCUT2D eigenvalue weighted by molar-refractivity contribution is 7.89. The van der Waals surface area contributed by atoms with Gasteiger partial charge in [0.2, 0.25) is 10.0 Å². The molecule has 0 radical (unpaired) electrons. The SMILES string of the molecule is COCCNS(=O)(=O)c1c(C)nn(CCNC(C)C)c1C. The highest BCUT2D eigenvalue weighted by Crippen LogP contribution is 2.18. The van der Waals surface area contributed by atoms with Gasteiger partial charge in [-0.15, -0.1) is 0 Å². The lowest BCUT2D eigenvalue weighted by atomic mass is 10.4. The highest BCUT2D eigenvalue weighted by Gasteiger charge is 2.23. The molecule has 0 aromatic carbocycles. The zero-order valence-corrected chi connectivity index (χ0v) is 14.2. The zero-order chi connectivity index (χ0) is 16.0. The van der Waals surface area contributed by atoms with E-state index in [-0.39, 0.29) is 11.4 Å². The maximum absolute atomic E-state index is 12.3. The molecule has 1 heterocycles. The third-order valence-corrected chi connectivity index (χ3v) is 4.77. The zero-order valence-electron chi connectivity index (χ0n) is 13.4. The summed E-state index contributed by atoms with van der Waals surface area (Å²) in [6.45, 7) is 9.59. The third kappa shape index (κ3) is 5.06. The molecule has 0 unspecified atom stereocenters. The van der Waals surface area contributed by atoms with Crippen molar-refractivity contribution in [1.29, 1.82) is 0 Å². The van der Waals surface area contributed by atoms with Crippen LogP contribution in [0.25, 0.3) is 0 Å². The van der Waals surface area contributed by atoms with Gasteiger partial charge in [0.25, 0.3) is 0 Å². The van der Waals surface area contributed by atoms with Gasteiger partial charge in [-0.05, 0) is 13.8 Å². The number of nitrogens with one attached hydrogen (secondary N) is 2. The highest BCUT2D eigenvalue weighted by atomic mass is 32.2. The van der Waals surface area contributed by atoms with Crippen molar-refractivity contribution in [1.82, 2.24) is 19.8 Å². The molecule has 1 rings (SSSR count). The Kier molecular flexibility index (Phi) is 6.79. The summed E-state index contributed by atoms with van der Waals surface area (Å²) in [6, 6.07) is 0.390. The van der Waals surface area contributed by atoms with Gasteiger partial charge in [-0.3, -0.25) is 4.68 Å². The first kappa shape index (κ1) is 18.1. The van der Waals surface area contributed by atoms with Gasteiger partial charge < -0.3 is 10.1 Å². The molecule has 0 bridgehead atoms. The smallest absolute Gasteiger partial charge is 0.244 e. The predicted octanol–water partition coefficient (Wildman–Crippen LogP) is 0.423. The van der Waals surface area contributed by atoms with E-state index < -0.39 is 10.0 Å². The lowest BCUT2D eigenvalue weighted by Crippen LogP contribution is -2.28. The van der Waals surface area contributed by atoms with Crippen molar-refractivity contribution in [2.45, 2.75) is 45.2 Å². The van der Waals surface area contributed by atoms with E-state index in [2.05, 4.69) is 29.0 Å². The molecule has 7 nitrogen and oxygen atoms in total. The van der Waals surface area contributed by atoms with Crippen molar-refractivity contribution in [3.8, 4) is 0 Å². The average Bonchev–Trinajstić information content (AvgIpc) is 2.64. The second kappa shape index (κ2) is 7.88. The second-order valence-electron chi connectivity index (χ2n) is 5.22. The Labute approximate surface area is 127 Å². The van der Waals surface area contributed by atoms with E-state index in [0.29, 0.717) is 30.6 Å². The summed E-state index contributed by atoms with van der Waals surface area (Å²) in [6.07, 6.45) is 0. The van der Waals surface area contributed by atoms with Crippen LogP contribution in [-0.2, 0) is 21.3 Å². The van der Waals surface area contributed by atoms with E-state index >= 15 is 0 Å². The van der Waals surface area contributed by atoms with Crippen molar-refractivity contribution in [2.75, 3.05) is 26.8 Å². The number of aryl methyl sites for hydroxylation is 1. The van der Waals surface area contributed by atoms with Crippen molar-refractivity contribution in [2.24, 2.45) is 0 Å². The minimum Gasteiger partial charge on any atom is -0.383 e. The molecule has 1 aromatic rings. The molecule has 0 aliphatic rings. The van der Waals surface area contributed by atoms with Gasteiger partial charge in [-0.25, -0.2) is 13.1 Å². The molecule has 0 saturated heterocycles. The molecular formula is C13H26N4O3S. The Morgan fingerprint density at radius 2 is 1.95 bits per heavy atom. The maximum Gasteiger partial charge on any atom is 0.244 e. The summed E-state index contributed by atoms with van der Waals surface area (Å²) in [5, 5.41) is 7.62. The van der Waals surface area contributed by atoms with Crippen molar-refractivity contribution < 1.29 is 13.2 Å². The Morgan fingerprint density at radius 1 is 1.29 bits per heavy atom. The fraction of sp³-hybridized carbons (Fsp3) is 0.769. The molecule has 1 aromatic heterocycles. The minimum atomic E-state index is -3.55. The summed E-state index contributed by atoms with van der Waals surface area (Å²) in [4.78, 5) is 0.267. The fourth-order valence-electron chi connectivity index (χ4n) is 2.10. The summed E-state index contributed by atoms with van der Waals surface area (Å²) in [7, 11) is -2.02. The van der Waals surface area contributed by atoms with Gasteiger partial charge in [0.05, 0.1) is 24.5 Å². The Balaban J connectivity index is 2.86. The summed E-state index contributed by atoms with van der Waals surface area (Å²) in [5.41, 5.74) is 1.17. The van der Waals surface area contributed by atoms with E-state index in [1.54, 1.807) is 18.5 Å². The fourth-order valence-corrected chi connectivity index (χ4v) is 3.52. The first-order valence-electron chi connectivity index (χ1n) is 7.05. The van der Waals surface area contributed by atoms with Gasteiger partial charge in [0.1, 0.15) is 4.90 Å². The number of aromatic nitrogens is 2. The van der Waals surface area contributed by atoms with Crippen LogP contribution in [0, 0.1) is 13.8 Å². The van der Waals surface area contributed by atoms with Gasteiger partial charge in [-0.2, -0.15) is 5.10 Å². The summed E-state index contributed by atoms with van der Waals surface area (Å²) in [5.74, 6) is 0. The number of sulfonamides is 1. The topological polar surface area (TPSA) is 85.2 Å².